The maximum Gasteiger partial charge on any atom is 0.120 e. The number of hydrogen-bond acceptors (Lipinski definition) is 1. The summed E-state index contributed by atoms with van der Waals surface area (Å²) < 4.78 is 6.33. The van der Waals surface area contributed by atoms with Crippen LogP contribution in [0, 0.1) is 11.8 Å². The van der Waals surface area contributed by atoms with Gasteiger partial charge in [0.05, 0.1) is 0 Å². The first-order valence-corrected chi connectivity index (χ1v) is 6.98. The van der Waals surface area contributed by atoms with Crippen molar-refractivity contribution in [3.63, 3.8) is 0 Å². The van der Waals surface area contributed by atoms with Crippen molar-refractivity contribution >= 4 is 6.08 Å². The molecule has 1 nitrogen and oxygen atoms in total. The Balaban J connectivity index is 2.17. The maximum atomic E-state index is 6.33. The zero-order chi connectivity index (χ0) is 13.2. The van der Waals surface area contributed by atoms with Crippen LogP contribution in [0.25, 0.3) is 6.08 Å². The van der Waals surface area contributed by atoms with E-state index in [4.69, 9.17) is 4.74 Å². The Labute approximate surface area is 111 Å². The van der Waals surface area contributed by atoms with Crippen LogP contribution >= 0.6 is 0 Å². The second kappa shape index (κ2) is 5.17. The summed E-state index contributed by atoms with van der Waals surface area (Å²) >= 11 is 0. The molecule has 1 aromatic rings. The molecule has 2 atom stereocenters. The smallest absolute Gasteiger partial charge is 0.120 e. The average Bonchev–Trinajstić information content (AvgIpc) is 2.37. The average molecular weight is 244 g/mol. The van der Waals surface area contributed by atoms with Crippen LogP contribution in [-0.4, -0.2) is 5.60 Å². The second-order valence-electron chi connectivity index (χ2n) is 5.79. The van der Waals surface area contributed by atoms with Crippen molar-refractivity contribution in [1.82, 2.24) is 0 Å². The highest BCUT2D eigenvalue weighted by Crippen LogP contribution is 2.41. The lowest BCUT2D eigenvalue weighted by Crippen LogP contribution is -2.48. The summed E-state index contributed by atoms with van der Waals surface area (Å²) in [6.07, 6.45) is 5.73. The first-order chi connectivity index (χ1) is 8.56. The van der Waals surface area contributed by atoms with Gasteiger partial charge in [-0.2, -0.15) is 0 Å². The van der Waals surface area contributed by atoms with E-state index in [0.717, 1.165) is 11.3 Å². The summed E-state index contributed by atoms with van der Waals surface area (Å²) in [6, 6.07) is 8.22. The van der Waals surface area contributed by atoms with Gasteiger partial charge in [-0.3, -0.25) is 0 Å². The predicted octanol–water partition coefficient (Wildman–Crippen LogP) is 4.92. The molecule has 1 aromatic carbocycles. The maximum absolute atomic E-state index is 6.33. The van der Waals surface area contributed by atoms with E-state index < -0.39 is 0 Å². The third kappa shape index (κ3) is 2.45. The van der Waals surface area contributed by atoms with Gasteiger partial charge in [0.2, 0.25) is 0 Å². The molecule has 1 saturated carbocycles. The largest absolute Gasteiger partial charge is 0.487 e. The van der Waals surface area contributed by atoms with Crippen LogP contribution in [0.2, 0.25) is 0 Å². The van der Waals surface area contributed by atoms with Crippen molar-refractivity contribution in [3.8, 4) is 5.75 Å². The number of benzene rings is 1. The van der Waals surface area contributed by atoms with Crippen molar-refractivity contribution in [2.75, 3.05) is 0 Å². The fraction of sp³-hybridized carbons (Fsp3) is 0.529. The van der Waals surface area contributed by atoms with E-state index in [1.54, 1.807) is 0 Å². The van der Waals surface area contributed by atoms with Gasteiger partial charge in [0.1, 0.15) is 11.4 Å². The second-order valence-corrected chi connectivity index (χ2v) is 5.79. The SMILES string of the molecule is C=Cc1ccc(OC2(C)C(C)CCCC2C)cc1. The molecular weight excluding hydrogens is 220 g/mol. The van der Waals surface area contributed by atoms with Gasteiger partial charge in [-0.05, 0) is 49.3 Å². The van der Waals surface area contributed by atoms with Gasteiger partial charge in [-0.25, -0.2) is 0 Å². The Morgan fingerprint density at radius 1 is 1.17 bits per heavy atom. The molecule has 1 heteroatoms. The quantitative estimate of drug-likeness (QED) is 0.733. The number of hydrogen-bond donors (Lipinski definition) is 0. The van der Waals surface area contributed by atoms with Crippen LogP contribution in [0.4, 0.5) is 0 Å². The Morgan fingerprint density at radius 3 is 2.22 bits per heavy atom. The fourth-order valence-corrected chi connectivity index (χ4v) is 2.92. The molecule has 0 bridgehead atoms. The van der Waals surface area contributed by atoms with Crippen molar-refractivity contribution in [3.05, 3.63) is 36.4 Å². The summed E-state index contributed by atoms with van der Waals surface area (Å²) in [6.45, 7) is 10.7. The van der Waals surface area contributed by atoms with Gasteiger partial charge in [0, 0.05) is 0 Å². The summed E-state index contributed by atoms with van der Waals surface area (Å²) in [4.78, 5) is 0. The first kappa shape index (κ1) is 13.2. The Morgan fingerprint density at radius 2 is 1.72 bits per heavy atom. The van der Waals surface area contributed by atoms with Crippen LogP contribution in [-0.2, 0) is 0 Å². The molecular formula is C17H24O. The summed E-state index contributed by atoms with van der Waals surface area (Å²) in [5.41, 5.74) is 1.10. The lowest BCUT2D eigenvalue weighted by molar-refractivity contribution is -0.0432. The third-order valence-electron chi connectivity index (χ3n) is 4.68. The van der Waals surface area contributed by atoms with Gasteiger partial charge in [0.15, 0.2) is 0 Å². The molecule has 0 amide bonds. The minimum Gasteiger partial charge on any atom is -0.487 e. The van der Waals surface area contributed by atoms with Gasteiger partial charge < -0.3 is 4.74 Å². The van der Waals surface area contributed by atoms with Crippen LogP contribution in [0.3, 0.4) is 0 Å². The molecule has 0 aliphatic heterocycles. The van der Waals surface area contributed by atoms with Crippen molar-refractivity contribution in [1.29, 1.82) is 0 Å². The number of rotatable bonds is 3. The molecule has 98 valence electrons. The molecule has 2 unspecified atom stereocenters. The van der Waals surface area contributed by atoms with Gasteiger partial charge >= 0.3 is 0 Å². The van der Waals surface area contributed by atoms with E-state index in [9.17, 15) is 0 Å². The Bertz CT molecular complexity index is 394. The topological polar surface area (TPSA) is 9.23 Å². The van der Waals surface area contributed by atoms with E-state index in [-0.39, 0.29) is 5.60 Å². The van der Waals surface area contributed by atoms with E-state index in [1.807, 2.05) is 6.08 Å². The molecule has 0 radical (unpaired) electrons. The highest BCUT2D eigenvalue weighted by atomic mass is 16.5. The van der Waals surface area contributed by atoms with Crippen molar-refractivity contribution < 1.29 is 4.74 Å². The highest BCUT2D eigenvalue weighted by molar-refractivity contribution is 5.48. The van der Waals surface area contributed by atoms with Crippen LogP contribution in [0.5, 0.6) is 5.75 Å². The Hall–Kier alpha value is -1.24. The molecule has 1 aliphatic carbocycles. The molecule has 0 N–H and O–H groups in total. The molecule has 0 aromatic heterocycles. The van der Waals surface area contributed by atoms with E-state index in [0.29, 0.717) is 11.8 Å². The van der Waals surface area contributed by atoms with Gasteiger partial charge in [0.25, 0.3) is 0 Å². The van der Waals surface area contributed by atoms with E-state index in [1.165, 1.54) is 19.3 Å². The summed E-state index contributed by atoms with van der Waals surface area (Å²) in [5.74, 6) is 2.20. The van der Waals surface area contributed by atoms with Crippen LogP contribution < -0.4 is 4.74 Å². The van der Waals surface area contributed by atoms with Gasteiger partial charge in [-0.1, -0.05) is 45.1 Å². The zero-order valence-corrected chi connectivity index (χ0v) is 11.8. The molecule has 18 heavy (non-hydrogen) atoms. The molecule has 1 fully saturated rings. The monoisotopic (exact) mass is 244 g/mol. The lowest BCUT2D eigenvalue weighted by atomic mass is 9.71. The van der Waals surface area contributed by atoms with Crippen LogP contribution in [0.15, 0.2) is 30.8 Å². The van der Waals surface area contributed by atoms with E-state index in [2.05, 4.69) is 51.6 Å². The lowest BCUT2D eigenvalue weighted by Gasteiger charge is -2.44. The first-order valence-electron chi connectivity index (χ1n) is 6.98. The molecule has 0 heterocycles. The minimum absolute atomic E-state index is 0.0338. The molecule has 1 aliphatic rings. The molecule has 0 spiro atoms. The van der Waals surface area contributed by atoms with Gasteiger partial charge in [-0.15, -0.1) is 0 Å². The van der Waals surface area contributed by atoms with E-state index >= 15 is 0 Å². The summed E-state index contributed by atoms with van der Waals surface area (Å²) in [5, 5.41) is 0. The molecule has 0 saturated heterocycles. The Kier molecular flexibility index (Phi) is 3.79. The van der Waals surface area contributed by atoms with Crippen molar-refractivity contribution in [2.45, 2.75) is 45.6 Å². The highest BCUT2D eigenvalue weighted by Gasteiger charge is 2.41. The zero-order valence-electron chi connectivity index (χ0n) is 11.8. The number of ether oxygens (including phenoxy) is 1. The van der Waals surface area contributed by atoms with Crippen LogP contribution in [0.1, 0.15) is 45.6 Å². The summed E-state index contributed by atoms with van der Waals surface area (Å²) in [7, 11) is 0. The third-order valence-corrected chi connectivity index (χ3v) is 4.68. The minimum atomic E-state index is -0.0338. The standard InChI is InChI=1S/C17H24O/c1-5-15-9-11-16(12-10-15)18-17(4)13(2)7-6-8-14(17)3/h5,9-14H,1,6-8H2,2-4H3. The van der Waals surface area contributed by atoms with Crippen molar-refractivity contribution in [2.24, 2.45) is 11.8 Å². The molecule has 2 rings (SSSR count). The normalized spacial score (nSPS) is 31.9. The fourth-order valence-electron chi connectivity index (χ4n) is 2.92. The predicted molar refractivity (Wildman–Crippen MR) is 77.7 cm³/mol.